The molecule has 0 unspecified atom stereocenters. The van der Waals surface area contributed by atoms with Crippen molar-refractivity contribution in [3.63, 3.8) is 0 Å². The summed E-state index contributed by atoms with van der Waals surface area (Å²) in [7, 11) is 3.02. The predicted molar refractivity (Wildman–Crippen MR) is 188 cm³/mol. The molecule has 3 rings (SSSR count). The van der Waals surface area contributed by atoms with Crippen molar-refractivity contribution in [3.8, 4) is 11.5 Å². The van der Waals surface area contributed by atoms with Crippen LogP contribution < -0.4 is 14.4 Å². The average molecular weight is 659 g/mol. The molecule has 3 aromatic rings. The Morgan fingerprint density at radius 3 is 1.75 bits per heavy atom. The van der Waals surface area contributed by atoms with E-state index in [0.29, 0.717) is 46.4 Å². The van der Waals surface area contributed by atoms with Crippen molar-refractivity contribution in [1.82, 2.24) is 0 Å². The van der Waals surface area contributed by atoms with E-state index in [9.17, 15) is 14.9 Å². The molecular weight excluding hydrogens is 612 g/mol. The molecule has 0 aliphatic carbocycles. The van der Waals surface area contributed by atoms with Crippen LogP contribution in [-0.2, 0) is 9.53 Å². The number of nitrogens with zero attached hydrogens (tertiary/aromatic N) is 6. The Labute approximate surface area is 282 Å². The van der Waals surface area contributed by atoms with Crippen LogP contribution in [0.3, 0.4) is 0 Å². The first-order valence-corrected chi connectivity index (χ1v) is 16.3. The van der Waals surface area contributed by atoms with Crippen LogP contribution in [0.15, 0.2) is 93.3 Å². The Morgan fingerprint density at radius 2 is 1.27 bits per heavy atom. The van der Waals surface area contributed by atoms with Crippen LogP contribution >= 0.6 is 0 Å². The van der Waals surface area contributed by atoms with Crippen LogP contribution in [0.25, 0.3) is 0 Å². The van der Waals surface area contributed by atoms with Gasteiger partial charge in [0.2, 0.25) is 0 Å². The van der Waals surface area contributed by atoms with Gasteiger partial charge in [0.1, 0.15) is 29.5 Å². The predicted octanol–water partition coefficient (Wildman–Crippen LogP) is 10.5. The molecule has 256 valence electrons. The fourth-order valence-corrected chi connectivity index (χ4v) is 4.79. The minimum absolute atomic E-state index is 0.0321. The number of benzene rings is 3. The van der Waals surface area contributed by atoms with Gasteiger partial charge in [-0.2, -0.15) is 10.2 Å². The van der Waals surface area contributed by atoms with Crippen molar-refractivity contribution < 1.29 is 23.9 Å². The highest BCUT2D eigenvalue weighted by molar-refractivity contribution is 5.86. The summed E-state index contributed by atoms with van der Waals surface area (Å²) in [5.74, 6) is 0.426. The molecule has 0 heterocycles. The van der Waals surface area contributed by atoms with Crippen molar-refractivity contribution in [2.45, 2.75) is 65.2 Å². The quantitative estimate of drug-likeness (QED) is 0.0277. The van der Waals surface area contributed by atoms with E-state index in [0.717, 1.165) is 25.1 Å². The standard InChI is InChI=1S/C36H46N6O6/c1-6-7-8-9-10-11-12-13-22-41(23-24-48-36(43)27(2)3)30-18-14-28(15-19-30)37-39-32-25-35(47-5)33(26-34(32)46-4)40-38-29-16-20-31(21-17-29)42(44)45/h14-21,25-26H,2,6-13,22-24H2,1,3-5H3/b39-37?,40-38+. The molecular formula is C36H46N6O6. The van der Waals surface area contributed by atoms with E-state index in [-0.39, 0.29) is 18.3 Å². The fourth-order valence-electron chi connectivity index (χ4n) is 4.79. The van der Waals surface area contributed by atoms with Gasteiger partial charge >= 0.3 is 5.97 Å². The minimum Gasteiger partial charge on any atom is -0.494 e. The van der Waals surface area contributed by atoms with Crippen molar-refractivity contribution in [2.75, 3.05) is 38.8 Å². The normalized spacial score (nSPS) is 11.2. The van der Waals surface area contributed by atoms with Gasteiger partial charge in [-0.05, 0) is 49.7 Å². The summed E-state index contributed by atoms with van der Waals surface area (Å²) in [4.78, 5) is 24.6. The molecule has 3 aromatic carbocycles. The molecule has 0 spiro atoms. The lowest BCUT2D eigenvalue weighted by molar-refractivity contribution is -0.384. The van der Waals surface area contributed by atoms with E-state index in [1.807, 2.05) is 24.3 Å². The van der Waals surface area contributed by atoms with Gasteiger partial charge in [-0.15, -0.1) is 10.2 Å². The van der Waals surface area contributed by atoms with Gasteiger partial charge < -0.3 is 19.1 Å². The molecule has 12 nitrogen and oxygen atoms in total. The van der Waals surface area contributed by atoms with Crippen LogP contribution in [0.5, 0.6) is 11.5 Å². The van der Waals surface area contributed by atoms with Crippen molar-refractivity contribution in [3.05, 3.63) is 82.9 Å². The number of hydrogen-bond donors (Lipinski definition) is 0. The lowest BCUT2D eigenvalue weighted by atomic mass is 10.1. The van der Waals surface area contributed by atoms with Gasteiger partial charge in [-0.25, -0.2) is 4.79 Å². The number of unbranched alkanes of at least 4 members (excludes halogenated alkanes) is 7. The maximum Gasteiger partial charge on any atom is 0.333 e. The first kappa shape index (κ1) is 37.3. The Hall–Kier alpha value is -5.13. The molecule has 0 aromatic heterocycles. The molecule has 48 heavy (non-hydrogen) atoms. The minimum atomic E-state index is -0.475. The Bertz CT molecular complexity index is 1540. The molecule has 0 amide bonds. The van der Waals surface area contributed by atoms with Crippen LogP contribution in [0.1, 0.15) is 65.2 Å². The second-order valence-electron chi connectivity index (χ2n) is 11.3. The zero-order valence-corrected chi connectivity index (χ0v) is 28.4. The number of ether oxygens (including phenoxy) is 3. The number of nitro groups is 1. The molecule has 0 atom stereocenters. The first-order chi connectivity index (χ1) is 23.2. The molecule has 0 N–H and O–H groups in total. The topological polar surface area (TPSA) is 141 Å². The number of carbonyl (C=O) groups is 1. The largest absolute Gasteiger partial charge is 0.494 e. The molecule has 0 aliphatic rings. The van der Waals surface area contributed by atoms with Gasteiger partial charge in [0.05, 0.1) is 37.1 Å². The highest BCUT2D eigenvalue weighted by Gasteiger charge is 2.13. The average Bonchev–Trinajstić information content (AvgIpc) is 3.10. The van der Waals surface area contributed by atoms with Crippen LogP contribution in [0.2, 0.25) is 0 Å². The second-order valence-corrected chi connectivity index (χ2v) is 11.3. The van der Waals surface area contributed by atoms with Crippen LogP contribution in [0.4, 0.5) is 34.1 Å². The second kappa shape index (κ2) is 20.2. The number of azo groups is 2. The summed E-state index contributed by atoms with van der Waals surface area (Å²) in [6.45, 7) is 9.23. The summed E-state index contributed by atoms with van der Waals surface area (Å²) < 4.78 is 16.4. The van der Waals surface area contributed by atoms with E-state index in [1.165, 1.54) is 77.0 Å². The van der Waals surface area contributed by atoms with Gasteiger partial charge in [-0.1, -0.05) is 58.4 Å². The van der Waals surface area contributed by atoms with E-state index in [4.69, 9.17) is 14.2 Å². The zero-order chi connectivity index (χ0) is 34.7. The first-order valence-electron chi connectivity index (χ1n) is 16.3. The van der Waals surface area contributed by atoms with Crippen molar-refractivity contribution >= 4 is 40.1 Å². The number of hydrogen-bond acceptors (Lipinski definition) is 11. The maximum absolute atomic E-state index is 11.9. The molecule has 0 bridgehead atoms. The van der Waals surface area contributed by atoms with E-state index >= 15 is 0 Å². The number of nitro benzene ring substituents is 1. The third-order valence-electron chi connectivity index (χ3n) is 7.53. The summed E-state index contributed by atoms with van der Waals surface area (Å²) in [5, 5.41) is 28.1. The molecule has 12 heteroatoms. The molecule has 0 fully saturated rings. The van der Waals surface area contributed by atoms with Gasteiger partial charge in [0.15, 0.2) is 0 Å². The Balaban J connectivity index is 1.69. The number of anilines is 1. The maximum atomic E-state index is 11.9. The monoisotopic (exact) mass is 658 g/mol. The van der Waals surface area contributed by atoms with Crippen molar-refractivity contribution in [2.24, 2.45) is 20.5 Å². The zero-order valence-electron chi connectivity index (χ0n) is 28.4. The molecule has 0 radical (unpaired) electrons. The SMILES string of the molecule is C=C(C)C(=O)OCCN(CCCCCCCCCC)c1ccc(N=Nc2cc(OC)c(/N=N/c3ccc([N+](=O)[O-])cc3)cc2OC)cc1. The highest BCUT2D eigenvalue weighted by atomic mass is 16.6. The third kappa shape index (κ3) is 12.2. The summed E-state index contributed by atoms with van der Waals surface area (Å²) in [6, 6.07) is 16.8. The van der Waals surface area contributed by atoms with Gasteiger partial charge in [0, 0.05) is 42.1 Å². The molecule has 0 aliphatic heterocycles. The third-order valence-corrected chi connectivity index (χ3v) is 7.53. The number of methoxy groups -OCH3 is 2. The fraction of sp³-hybridized carbons (Fsp3) is 0.417. The van der Waals surface area contributed by atoms with Crippen LogP contribution in [-0.4, -0.2) is 44.8 Å². The van der Waals surface area contributed by atoms with E-state index in [1.54, 1.807) is 19.1 Å². The summed E-state index contributed by atoms with van der Waals surface area (Å²) in [5.41, 5.74) is 3.26. The molecule has 0 saturated heterocycles. The lowest BCUT2D eigenvalue weighted by Gasteiger charge is -2.25. The highest BCUT2D eigenvalue weighted by Crippen LogP contribution is 2.41. The van der Waals surface area contributed by atoms with E-state index in [2.05, 4.69) is 38.9 Å². The van der Waals surface area contributed by atoms with Gasteiger partial charge in [0.25, 0.3) is 5.69 Å². The lowest BCUT2D eigenvalue weighted by Crippen LogP contribution is -2.29. The van der Waals surface area contributed by atoms with E-state index < -0.39 is 4.92 Å². The van der Waals surface area contributed by atoms with Crippen LogP contribution in [0, 0.1) is 10.1 Å². The number of rotatable bonds is 21. The smallest absolute Gasteiger partial charge is 0.333 e. The van der Waals surface area contributed by atoms with Crippen molar-refractivity contribution in [1.29, 1.82) is 0 Å². The number of carbonyl (C=O) groups excluding carboxylic acids is 1. The number of esters is 1. The molecule has 0 saturated carbocycles. The Kier molecular flexibility index (Phi) is 15.7. The summed E-state index contributed by atoms with van der Waals surface area (Å²) >= 11 is 0. The summed E-state index contributed by atoms with van der Waals surface area (Å²) in [6.07, 6.45) is 9.86. The van der Waals surface area contributed by atoms with Gasteiger partial charge in [-0.3, -0.25) is 10.1 Å². The number of non-ortho nitro benzene ring substituents is 1. The Morgan fingerprint density at radius 1 is 0.771 bits per heavy atom.